The summed E-state index contributed by atoms with van der Waals surface area (Å²) in [6.07, 6.45) is 2.18. The van der Waals surface area contributed by atoms with Crippen molar-refractivity contribution in [3.63, 3.8) is 0 Å². The fourth-order valence-corrected chi connectivity index (χ4v) is 3.59. The average Bonchev–Trinajstić information content (AvgIpc) is 2.67. The molecule has 1 N–H and O–H groups in total. The molecule has 0 saturated carbocycles. The van der Waals surface area contributed by atoms with E-state index in [0.717, 1.165) is 55.1 Å². The van der Waals surface area contributed by atoms with Crippen molar-refractivity contribution in [2.45, 2.75) is 39.3 Å². The molecule has 0 spiro atoms. The highest BCUT2D eigenvalue weighted by atomic mass is 35.5. The zero-order chi connectivity index (χ0) is 16.3. The third-order valence-electron chi connectivity index (χ3n) is 4.50. The predicted octanol–water partition coefficient (Wildman–Crippen LogP) is 1.91. The van der Waals surface area contributed by atoms with E-state index in [1.165, 1.54) is 12.8 Å². The molecular weight excluding hydrogens is 300 g/mol. The van der Waals surface area contributed by atoms with Crippen LogP contribution in [0.1, 0.15) is 31.0 Å². The molecule has 1 aromatic rings. The lowest BCUT2D eigenvalue weighted by atomic mass is 9.96. The van der Waals surface area contributed by atoms with E-state index in [0.29, 0.717) is 0 Å². The summed E-state index contributed by atoms with van der Waals surface area (Å²) in [5, 5.41) is 14.6. The Hall–Kier alpha value is -0.620. The fraction of sp³-hybridized carbons (Fsp3) is 0.812. The zero-order valence-corrected chi connectivity index (χ0v) is 15.0. The van der Waals surface area contributed by atoms with Gasteiger partial charge in [-0.25, -0.2) is 0 Å². The van der Waals surface area contributed by atoms with Crippen molar-refractivity contribution >= 4 is 11.6 Å². The van der Waals surface area contributed by atoms with E-state index in [-0.39, 0.29) is 6.10 Å². The number of aliphatic hydroxyl groups is 1. The van der Waals surface area contributed by atoms with Gasteiger partial charge in [-0.1, -0.05) is 11.6 Å². The average molecular weight is 329 g/mol. The van der Waals surface area contributed by atoms with Crippen molar-refractivity contribution in [1.82, 2.24) is 19.6 Å². The van der Waals surface area contributed by atoms with Crippen LogP contribution in [0.5, 0.6) is 0 Å². The van der Waals surface area contributed by atoms with Crippen molar-refractivity contribution in [3.8, 4) is 0 Å². The maximum Gasteiger partial charge on any atom is 0.131 e. The molecule has 1 fully saturated rings. The minimum Gasteiger partial charge on any atom is -0.392 e. The van der Waals surface area contributed by atoms with Crippen LogP contribution < -0.4 is 0 Å². The maximum absolute atomic E-state index is 9.46. The Bertz CT molecular complexity index is 481. The van der Waals surface area contributed by atoms with Crippen LogP contribution in [-0.2, 0) is 13.6 Å². The first-order valence-electron chi connectivity index (χ1n) is 8.13. The highest BCUT2D eigenvalue weighted by Crippen LogP contribution is 2.22. The predicted molar refractivity (Wildman–Crippen MR) is 90.1 cm³/mol. The summed E-state index contributed by atoms with van der Waals surface area (Å²) in [5.74, 6) is 0.728. The molecule has 5 nitrogen and oxygen atoms in total. The quantitative estimate of drug-likeness (QED) is 0.866. The smallest absolute Gasteiger partial charge is 0.131 e. The molecule has 0 aromatic carbocycles. The number of nitrogens with zero attached hydrogens (tertiary/aromatic N) is 4. The fourth-order valence-electron chi connectivity index (χ4n) is 3.35. The van der Waals surface area contributed by atoms with Crippen molar-refractivity contribution in [1.29, 1.82) is 0 Å². The summed E-state index contributed by atoms with van der Waals surface area (Å²) in [6.45, 7) is 8.81. The largest absolute Gasteiger partial charge is 0.392 e. The van der Waals surface area contributed by atoms with Gasteiger partial charge >= 0.3 is 0 Å². The summed E-state index contributed by atoms with van der Waals surface area (Å²) < 4.78 is 1.74. The van der Waals surface area contributed by atoms with Gasteiger partial charge in [0.1, 0.15) is 5.15 Å². The second kappa shape index (κ2) is 7.77. The first-order valence-corrected chi connectivity index (χ1v) is 8.51. The number of halogens is 1. The minimum absolute atomic E-state index is 0.227. The SMILES string of the molecule is Cc1nn(C)c(Cl)c1CN(C)CC1CCN(CC(C)O)CC1. The van der Waals surface area contributed by atoms with Gasteiger partial charge in [0.15, 0.2) is 0 Å². The molecule has 22 heavy (non-hydrogen) atoms. The highest BCUT2D eigenvalue weighted by Gasteiger charge is 2.22. The zero-order valence-electron chi connectivity index (χ0n) is 14.2. The van der Waals surface area contributed by atoms with E-state index in [9.17, 15) is 5.11 Å². The number of likely N-dealkylation sites (tertiary alicyclic amines) is 1. The van der Waals surface area contributed by atoms with Gasteiger partial charge in [-0.2, -0.15) is 5.10 Å². The van der Waals surface area contributed by atoms with Crippen LogP contribution >= 0.6 is 11.6 Å². The molecular formula is C16H29ClN4O. The number of aliphatic hydroxyl groups excluding tert-OH is 1. The number of aryl methyl sites for hydroxylation is 2. The molecule has 126 valence electrons. The molecule has 0 amide bonds. The Labute approximate surface area is 138 Å². The van der Waals surface area contributed by atoms with Crippen LogP contribution in [0.15, 0.2) is 0 Å². The van der Waals surface area contributed by atoms with Crippen molar-refractivity contribution < 1.29 is 5.11 Å². The van der Waals surface area contributed by atoms with Crippen molar-refractivity contribution in [2.75, 3.05) is 33.2 Å². The van der Waals surface area contributed by atoms with E-state index >= 15 is 0 Å². The Morgan fingerprint density at radius 1 is 1.41 bits per heavy atom. The second-order valence-electron chi connectivity index (χ2n) is 6.77. The monoisotopic (exact) mass is 328 g/mol. The molecule has 0 radical (unpaired) electrons. The minimum atomic E-state index is -0.227. The van der Waals surface area contributed by atoms with Crippen LogP contribution in [0.3, 0.4) is 0 Å². The van der Waals surface area contributed by atoms with E-state index in [1.54, 1.807) is 4.68 Å². The van der Waals surface area contributed by atoms with Gasteiger partial charge in [0.05, 0.1) is 11.8 Å². The summed E-state index contributed by atoms with van der Waals surface area (Å²) in [7, 11) is 4.04. The summed E-state index contributed by atoms with van der Waals surface area (Å²) in [6, 6.07) is 0. The Morgan fingerprint density at radius 3 is 2.55 bits per heavy atom. The maximum atomic E-state index is 9.46. The molecule has 1 aromatic heterocycles. The molecule has 0 aliphatic carbocycles. The van der Waals surface area contributed by atoms with Gasteiger partial charge < -0.3 is 14.9 Å². The molecule has 1 saturated heterocycles. The molecule has 0 bridgehead atoms. The first kappa shape index (κ1) is 17.7. The topological polar surface area (TPSA) is 44.5 Å². The standard InChI is InChI=1S/C16H29ClN4O/c1-12(22)9-21-7-5-14(6-8-21)10-19(3)11-15-13(2)18-20(4)16(15)17/h12,14,22H,5-11H2,1-4H3. The third-order valence-corrected chi connectivity index (χ3v) is 4.97. The van der Waals surface area contributed by atoms with Crippen molar-refractivity contribution in [3.05, 3.63) is 16.4 Å². The number of piperidine rings is 1. The van der Waals surface area contributed by atoms with Crippen LogP contribution in [-0.4, -0.2) is 64.0 Å². The first-order chi connectivity index (χ1) is 10.4. The van der Waals surface area contributed by atoms with Gasteiger partial charge in [0.25, 0.3) is 0 Å². The normalized spacial score (nSPS) is 19.0. The molecule has 1 aliphatic rings. The van der Waals surface area contributed by atoms with Crippen LogP contribution in [0.25, 0.3) is 0 Å². The van der Waals surface area contributed by atoms with Gasteiger partial charge in [-0.15, -0.1) is 0 Å². The van der Waals surface area contributed by atoms with Crippen LogP contribution in [0.2, 0.25) is 5.15 Å². The number of aromatic nitrogens is 2. The molecule has 2 rings (SSSR count). The van der Waals surface area contributed by atoms with E-state index < -0.39 is 0 Å². The third kappa shape index (κ3) is 4.69. The van der Waals surface area contributed by atoms with E-state index in [1.807, 2.05) is 20.9 Å². The van der Waals surface area contributed by atoms with Gasteiger partial charge in [-0.05, 0) is 52.7 Å². The lowest BCUT2D eigenvalue weighted by Gasteiger charge is -2.34. The van der Waals surface area contributed by atoms with Gasteiger partial charge in [-0.3, -0.25) is 4.68 Å². The lowest BCUT2D eigenvalue weighted by molar-refractivity contribution is 0.0919. The van der Waals surface area contributed by atoms with Crippen LogP contribution in [0, 0.1) is 12.8 Å². The van der Waals surface area contributed by atoms with Crippen LogP contribution in [0.4, 0.5) is 0 Å². The molecule has 1 unspecified atom stereocenters. The summed E-state index contributed by atoms with van der Waals surface area (Å²) in [5.41, 5.74) is 2.16. The Kier molecular flexibility index (Phi) is 6.26. The summed E-state index contributed by atoms with van der Waals surface area (Å²) >= 11 is 6.31. The Balaban J connectivity index is 1.80. The molecule has 1 aliphatic heterocycles. The highest BCUT2D eigenvalue weighted by molar-refractivity contribution is 6.30. The molecule has 6 heteroatoms. The molecule has 1 atom stereocenters. The van der Waals surface area contributed by atoms with Gasteiger partial charge in [0.2, 0.25) is 0 Å². The number of hydrogen-bond acceptors (Lipinski definition) is 4. The van der Waals surface area contributed by atoms with Gasteiger partial charge in [0, 0.05) is 32.2 Å². The van der Waals surface area contributed by atoms with E-state index in [4.69, 9.17) is 11.6 Å². The number of hydrogen-bond donors (Lipinski definition) is 1. The van der Waals surface area contributed by atoms with Crippen molar-refractivity contribution in [2.24, 2.45) is 13.0 Å². The molecule has 2 heterocycles. The summed E-state index contributed by atoms with van der Waals surface area (Å²) in [4.78, 5) is 4.72. The lowest BCUT2D eigenvalue weighted by Crippen LogP contribution is -2.40. The number of β-amino-alcohol motifs (C(OH)–C–C–N with tert-alkyl or cyclic N) is 1. The second-order valence-corrected chi connectivity index (χ2v) is 7.13. The number of rotatable bonds is 6. The Morgan fingerprint density at radius 2 is 2.05 bits per heavy atom. The van der Waals surface area contributed by atoms with E-state index in [2.05, 4.69) is 21.9 Å².